The summed E-state index contributed by atoms with van der Waals surface area (Å²) < 4.78 is 39.2. The minimum absolute atomic E-state index is 0.0428. The molecule has 0 radical (unpaired) electrons. The maximum absolute atomic E-state index is 13.1. The third kappa shape index (κ3) is 4.22. The zero-order valence-electron chi connectivity index (χ0n) is 15.5. The maximum Gasteiger partial charge on any atom is 0.416 e. The zero-order chi connectivity index (χ0) is 19.7. The van der Waals surface area contributed by atoms with Crippen LogP contribution in [0.15, 0.2) is 54.6 Å². The van der Waals surface area contributed by atoms with Crippen molar-refractivity contribution >= 4 is 5.91 Å². The molecule has 1 heterocycles. The summed E-state index contributed by atoms with van der Waals surface area (Å²) in [7, 11) is 0. The van der Waals surface area contributed by atoms with E-state index in [4.69, 9.17) is 0 Å². The second-order valence-electron chi connectivity index (χ2n) is 7.65. The standard InChI is InChI=1S/C22H23F3N2O/c23-22(24,25)18-8-4-7-17(14-18)21(28)27-12-11-26(19-9-10-19)15-20(27)13-16-5-2-1-3-6-16/h1-8,14,19-20H,9-13,15H2. The molecule has 1 saturated carbocycles. The highest BCUT2D eigenvalue weighted by atomic mass is 19.4. The van der Waals surface area contributed by atoms with Crippen LogP contribution in [-0.2, 0) is 12.6 Å². The molecule has 1 saturated heterocycles. The fourth-order valence-corrected chi connectivity index (χ4v) is 3.97. The van der Waals surface area contributed by atoms with Crippen LogP contribution in [0.2, 0.25) is 0 Å². The van der Waals surface area contributed by atoms with Gasteiger partial charge in [0.05, 0.1) is 5.56 Å². The number of halogens is 3. The SMILES string of the molecule is O=C(c1cccc(C(F)(F)F)c1)N1CCN(C2CC2)CC1Cc1ccccc1. The first-order chi connectivity index (χ1) is 13.4. The number of carbonyl (C=O) groups excluding carboxylic acids is 1. The van der Waals surface area contributed by atoms with Crippen molar-refractivity contribution in [3.05, 3.63) is 71.3 Å². The molecule has 0 spiro atoms. The molecule has 1 unspecified atom stereocenters. The number of hydrogen-bond donors (Lipinski definition) is 0. The molecule has 28 heavy (non-hydrogen) atoms. The van der Waals surface area contributed by atoms with Crippen LogP contribution in [0, 0.1) is 0 Å². The lowest BCUT2D eigenvalue weighted by molar-refractivity contribution is -0.137. The molecule has 0 aromatic heterocycles. The predicted octanol–water partition coefficient (Wildman–Crippen LogP) is 4.24. The molecule has 1 amide bonds. The van der Waals surface area contributed by atoms with Gasteiger partial charge in [-0.1, -0.05) is 36.4 Å². The van der Waals surface area contributed by atoms with Gasteiger partial charge < -0.3 is 4.90 Å². The van der Waals surface area contributed by atoms with E-state index in [9.17, 15) is 18.0 Å². The minimum atomic E-state index is -4.45. The summed E-state index contributed by atoms with van der Waals surface area (Å²) >= 11 is 0. The summed E-state index contributed by atoms with van der Waals surface area (Å²) in [5.41, 5.74) is 0.453. The van der Waals surface area contributed by atoms with E-state index in [0.29, 0.717) is 19.0 Å². The number of piperazine rings is 1. The van der Waals surface area contributed by atoms with Crippen molar-refractivity contribution in [1.29, 1.82) is 0 Å². The molecule has 1 aliphatic heterocycles. The molecule has 4 rings (SSSR count). The normalized spacial score (nSPS) is 21.0. The van der Waals surface area contributed by atoms with Crippen molar-refractivity contribution in [2.45, 2.75) is 37.5 Å². The third-order valence-corrected chi connectivity index (χ3v) is 5.59. The second kappa shape index (κ2) is 7.59. The Bertz CT molecular complexity index is 833. The van der Waals surface area contributed by atoms with Crippen LogP contribution in [0.1, 0.15) is 34.3 Å². The van der Waals surface area contributed by atoms with Crippen LogP contribution < -0.4 is 0 Å². The molecule has 148 valence electrons. The summed E-state index contributed by atoms with van der Waals surface area (Å²) in [5.74, 6) is -0.317. The fourth-order valence-electron chi connectivity index (χ4n) is 3.97. The Kier molecular flexibility index (Phi) is 5.15. The molecule has 3 nitrogen and oxygen atoms in total. The number of hydrogen-bond acceptors (Lipinski definition) is 2. The zero-order valence-corrected chi connectivity index (χ0v) is 15.5. The lowest BCUT2D eigenvalue weighted by atomic mass is 10.00. The van der Waals surface area contributed by atoms with Crippen molar-refractivity contribution in [1.82, 2.24) is 9.80 Å². The molecule has 0 N–H and O–H groups in total. The summed E-state index contributed by atoms with van der Waals surface area (Å²) in [6.45, 7) is 2.09. The molecule has 1 atom stereocenters. The average molecular weight is 388 g/mol. The van der Waals surface area contributed by atoms with Crippen LogP contribution in [0.5, 0.6) is 0 Å². The number of alkyl halides is 3. The Hall–Kier alpha value is -2.34. The van der Waals surface area contributed by atoms with Crippen LogP contribution in [0.25, 0.3) is 0 Å². The number of nitrogens with zero attached hydrogens (tertiary/aromatic N) is 2. The first-order valence-corrected chi connectivity index (χ1v) is 9.68. The van der Waals surface area contributed by atoms with Gasteiger partial charge in [-0.05, 0) is 43.0 Å². The lowest BCUT2D eigenvalue weighted by Gasteiger charge is -2.42. The quantitative estimate of drug-likeness (QED) is 0.782. The molecule has 2 aliphatic rings. The van der Waals surface area contributed by atoms with E-state index in [1.54, 1.807) is 4.90 Å². The third-order valence-electron chi connectivity index (χ3n) is 5.59. The number of amides is 1. The van der Waals surface area contributed by atoms with E-state index in [1.165, 1.54) is 25.0 Å². The van der Waals surface area contributed by atoms with E-state index in [-0.39, 0.29) is 17.5 Å². The molecule has 0 bridgehead atoms. The molecular formula is C22H23F3N2O. The smallest absolute Gasteiger partial charge is 0.333 e. The van der Waals surface area contributed by atoms with E-state index in [2.05, 4.69) is 4.90 Å². The van der Waals surface area contributed by atoms with Gasteiger partial charge in [-0.2, -0.15) is 13.2 Å². The van der Waals surface area contributed by atoms with Gasteiger partial charge in [0.2, 0.25) is 0 Å². The Morgan fingerprint density at radius 1 is 1.00 bits per heavy atom. The monoisotopic (exact) mass is 388 g/mol. The van der Waals surface area contributed by atoms with Gasteiger partial charge in [-0.25, -0.2) is 0 Å². The molecule has 6 heteroatoms. The van der Waals surface area contributed by atoms with Gasteiger partial charge in [-0.15, -0.1) is 0 Å². The Morgan fingerprint density at radius 2 is 1.75 bits per heavy atom. The van der Waals surface area contributed by atoms with Gasteiger partial charge in [-0.3, -0.25) is 9.69 Å². The van der Waals surface area contributed by atoms with Gasteiger partial charge in [0.25, 0.3) is 5.91 Å². The van der Waals surface area contributed by atoms with Crippen molar-refractivity contribution in [3.8, 4) is 0 Å². The van der Waals surface area contributed by atoms with Crippen LogP contribution >= 0.6 is 0 Å². The number of rotatable bonds is 4. The topological polar surface area (TPSA) is 23.6 Å². The van der Waals surface area contributed by atoms with Crippen molar-refractivity contribution in [2.75, 3.05) is 19.6 Å². The molecular weight excluding hydrogens is 365 g/mol. The van der Waals surface area contributed by atoms with E-state index in [1.807, 2.05) is 30.3 Å². The molecule has 2 fully saturated rings. The van der Waals surface area contributed by atoms with E-state index >= 15 is 0 Å². The highest BCUT2D eigenvalue weighted by Gasteiger charge is 2.38. The van der Waals surface area contributed by atoms with Gasteiger partial charge in [0, 0.05) is 37.3 Å². The molecule has 2 aromatic carbocycles. The van der Waals surface area contributed by atoms with Crippen molar-refractivity contribution in [2.24, 2.45) is 0 Å². The molecule has 1 aliphatic carbocycles. The average Bonchev–Trinajstić information content (AvgIpc) is 3.53. The summed E-state index contributed by atoms with van der Waals surface area (Å²) in [6.07, 6.45) is -1.36. The summed E-state index contributed by atoms with van der Waals surface area (Å²) in [5, 5.41) is 0. The first-order valence-electron chi connectivity index (χ1n) is 9.68. The Labute approximate surface area is 162 Å². The Morgan fingerprint density at radius 3 is 2.43 bits per heavy atom. The summed E-state index contributed by atoms with van der Waals surface area (Å²) in [4.78, 5) is 17.3. The lowest BCUT2D eigenvalue weighted by Crippen LogP contribution is -2.56. The maximum atomic E-state index is 13.1. The van der Waals surface area contributed by atoms with Gasteiger partial charge in [0.15, 0.2) is 0 Å². The Balaban J connectivity index is 1.57. The van der Waals surface area contributed by atoms with E-state index < -0.39 is 11.7 Å². The van der Waals surface area contributed by atoms with E-state index in [0.717, 1.165) is 30.8 Å². The number of carbonyl (C=O) groups is 1. The van der Waals surface area contributed by atoms with Crippen LogP contribution in [0.4, 0.5) is 13.2 Å². The van der Waals surface area contributed by atoms with Crippen LogP contribution in [-0.4, -0.2) is 47.4 Å². The van der Waals surface area contributed by atoms with Crippen molar-refractivity contribution in [3.63, 3.8) is 0 Å². The second-order valence-corrected chi connectivity index (χ2v) is 7.65. The predicted molar refractivity (Wildman–Crippen MR) is 101 cm³/mol. The highest BCUT2D eigenvalue weighted by molar-refractivity contribution is 5.94. The van der Waals surface area contributed by atoms with Crippen LogP contribution in [0.3, 0.4) is 0 Å². The highest BCUT2D eigenvalue weighted by Crippen LogP contribution is 2.32. The summed E-state index contributed by atoms with van der Waals surface area (Å²) in [6, 6.07) is 15.3. The first kappa shape index (κ1) is 19.0. The largest absolute Gasteiger partial charge is 0.416 e. The van der Waals surface area contributed by atoms with Crippen molar-refractivity contribution < 1.29 is 18.0 Å². The number of benzene rings is 2. The molecule has 2 aromatic rings. The van der Waals surface area contributed by atoms with Gasteiger partial charge >= 0.3 is 6.18 Å². The van der Waals surface area contributed by atoms with Gasteiger partial charge in [0.1, 0.15) is 0 Å². The minimum Gasteiger partial charge on any atom is -0.333 e. The fraction of sp³-hybridized carbons (Fsp3) is 0.409.